The Bertz CT molecular complexity index is 1100. The van der Waals surface area contributed by atoms with Crippen LogP contribution in [0.1, 0.15) is 16.1 Å². The normalized spacial score (nSPS) is 10.6. The van der Waals surface area contributed by atoms with Crippen LogP contribution in [0.25, 0.3) is 17.1 Å². The molecular weight excluding hydrogens is 356 g/mol. The summed E-state index contributed by atoms with van der Waals surface area (Å²) in [7, 11) is 1.54. The quantitative estimate of drug-likeness (QED) is 0.569. The maximum absolute atomic E-state index is 12.9. The van der Waals surface area contributed by atoms with Crippen LogP contribution >= 0.6 is 0 Å². The number of hydrogen-bond donors (Lipinski definition) is 1. The number of nitrogens with one attached hydrogen (secondary N) is 1. The minimum atomic E-state index is -0.307. The number of nitrogens with zero attached hydrogens (tertiary/aromatic N) is 3. The Morgan fingerprint density at radius 1 is 1.11 bits per heavy atom. The van der Waals surface area contributed by atoms with E-state index in [4.69, 9.17) is 9.15 Å². The molecule has 0 aliphatic heterocycles. The molecule has 7 nitrogen and oxygen atoms in total. The molecule has 1 amide bonds. The van der Waals surface area contributed by atoms with Crippen LogP contribution < -0.4 is 10.1 Å². The number of methoxy groups -OCH3 is 1. The molecule has 0 fully saturated rings. The zero-order valence-electron chi connectivity index (χ0n) is 15.4. The monoisotopic (exact) mass is 374 g/mol. The number of benzene rings is 1. The molecule has 0 aliphatic carbocycles. The first-order chi connectivity index (χ1) is 13.6. The number of furan rings is 1. The minimum absolute atomic E-state index is 0.307. The molecule has 140 valence electrons. The minimum Gasteiger partial charge on any atom is -0.481 e. The first-order valence-corrected chi connectivity index (χ1v) is 8.67. The molecule has 0 saturated heterocycles. The molecule has 0 unspecified atom stereocenters. The lowest BCUT2D eigenvalue weighted by Gasteiger charge is -2.05. The van der Waals surface area contributed by atoms with Gasteiger partial charge in [0.25, 0.3) is 5.91 Å². The average Bonchev–Trinajstić information content (AvgIpc) is 3.36. The molecule has 0 radical (unpaired) electrons. The maximum atomic E-state index is 12.9. The van der Waals surface area contributed by atoms with Gasteiger partial charge in [-0.3, -0.25) is 4.79 Å². The topological polar surface area (TPSA) is 82.2 Å². The molecule has 3 heterocycles. The summed E-state index contributed by atoms with van der Waals surface area (Å²) >= 11 is 0. The lowest BCUT2D eigenvalue weighted by Crippen LogP contribution is -2.12. The Balaban J connectivity index is 1.71. The van der Waals surface area contributed by atoms with Crippen LogP contribution in [0.2, 0.25) is 0 Å². The molecule has 3 aromatic heterocycles. The van der Waals surface area contributed by atoms with Crippen molar-refractivity contribution in [1.82, 2.24) is 14.8 Å². The summed E-state index contributed by atoms with van der Waals surface area (Å²) in [6.45, 7) is 1.85. The molecule has 1 N–H and O–H groups in total. The number of para-hydroxylation sites is 1. The van der Waals surface area contributed by atoms with E-state index in [0.29, 0.717) is 28.6 Å². The number of aryl methyl sites for hydroxylation is 1. The summed E-state index contributed by atoms with van der Waals surface area (Å²) in [6.07, 6.45) is 3.23. The zero-order chi connectivity index (χ0) is 19.5. The van der Waals surface area contributed by atoms with Gasteiger partial charge in [0.05, 0.1) is 30.2 Å². The Kier molecular flexibility index (Phi) is 4.63. The van der Waals surface area contributed by atoms with Crippen LogP contribution in [0.15, 0.2) is 71.4 Å². The first-order valence-electron chi connectivity index (χ1n) is 8.67. The van der Waals surface area contributed by atoms with Crippen molar-refractivity contribution in [3.8, 4) is 23.0 Å². The Hall–Kier alpha value is -3.87. The van der Waals surface area contributed by atoms with Crippen LogP contribution in [0.4, 0.5) is 5.69 Å². The largest absolute Gasteiger partial charge is 0.481 e. The summed E-state index contributed by atoms with van der Waals surface area (Å²) < 4.78 is 12.4. The second-order valence-corrected chi connectivity index (χ2v) is 6.13. The maximum Gasteiger partial charge on any atom is 0.259 e. The lowest BCUT2D eigenvalue weighted by atomic mass is 10.2. The van der Waals surface area contributed by atoms with Gasteiger partial charge in [-0.25, -0.2) is 9.67 Å². The van der Waals surface area contributed by atoms with Crippen molar-refractivity contribution in [3.63, 3.8) is 0 Å². The standard InChI is InChI=1S/C21H18N4O3/c1-14-8-10-18(28-14)20-17(13-25(24-20)16-6-4-3-5-7-16)21(26)23-15-9-11-19(27-2)22-12-15/h3-13H,1-2H3,(H,23,26). The van der Waals surface area contributed by atoms with E-state index in [2.05, 4.69) is 15.4 Å². The molecule has 0 bridgehead atoms. The Morgan fingerprint density at radius 3 is 2.57 bits per heavy atom. The highest BCUT2D eigenvalue weighted by Gasteiger charge is 2.21. The van der Waals surface area contributed by atoms with Crippen molar-refractivity contribution in [2.24, 2.45) is 0 Å². The Labute approximate surface area is 161 Å². The second kappa shape index (κ2) is 7.40. The third kappa shape index (κ3) is 3.50. The number of amides is 1. The van der Waals surface area contributed by atoms with Gasteiger partial charge < -0.3 is 14.5 Å². The van der Waals surface area contributed by atoms with E-state index in [1.54, 1.807) is 29.1 Å². The van der Waals surface area contributed by atoms with Gasteiger partial charge in [-0.2, -0.15) is 5.10 Å². The molecule has 4 aromatic rings. The fourth-order valence-electron chi connectivity index (χ4n) is 2.77. The van der Waals surface area contributed by atoms with Crippen molar-refractivity contribution in [1.29, 1.82) is 0 Å². The van der Waals surface area contributed by atoms with E-state index in [1.807, 2.05) is 43.3 Å². The van der Waals surface area contributed by atoms with E-state index >= 15 is 0 Å². The van der Waals surface area contributed by atoms with Crippen LogP contribution in [0.3, 0.4) is 0 Å². The number of ether oxygens (including phenoxy) is 1. The van der Waals surface area contributed by atoms with Crippen LogP contribution in [0, 0.1) is 6.92 Å². The second-order valence-electron chi connectivity index (χ2n) is 6.13. The smallest absolute Gasteiger partial charge is 0.259 e. The predicted octanol–water partition coefficient (Wildman–Crippen LogP) is 4.10. The number of pyridine rings is 1. The molecule has 0 spiro atoms. The van der Waals surface area contributed by atoms with Gasteiger partial charge in [-0.15, -0.1) is 0 Å². The van der Waals surface area contributed by atoms with Crippen molar-refractivity contribution >= 4 is 11.6 Å². The van der Waals surface area contributed by atoms with Gasteiger partial charge in [0.1, 0.15) is 11.5 Å². The van der Waals surface area contributed by atoms with Gasteiger partial charge in [-0.1, -0.05) is 18.2 Å². The zero-order valence-corrected chi connectivity index (χ0v) is 15.4. The average molecular weight is 374 g/mol. The number of aromatic nitrogens is 3. The van der Waals surface area contributed by atoms with E-state index in [-0.39, 0.29) is 5.91 Å². The fourth-order valence-corrected chi connectivity index (χ4v) is 2.77. The number of anilines is 1. The van der Waals surface area contributed by atoms with Gasteiger partial charge in [0.15, 0.2) is 5.76 Å². The van der Waals surface area contributed by atoms with Crippen molar-refractivity contribution in [3.05, 3.63) is 78.3 Å². The SMILES string of the molecule is COc1ccc(NC(=O)c2cn(-c3ccccc3)nc2-c2ccc(C)o2)cn1. The molecule has 7 heteroatoms. The first kappa shape index (κ1) is 17.5. The Morgan fingerprint density at radius 2 is 1.93 bits per heavy atom. The van der Waals surface area contributed by atoms with Gasteiger partial charge >= 0.3 is 0 Å². The summed E-state index contributed by atoms with van der Waals surface area (Å²) in [4.78, 5) is 17.1. The molecule has 28 heavy (non-hydrogen) atoms. The highest BCUT2D eigenvalue weighted by molar-refractivity contribution is 6.07. The molecule has 4 rings (SSSR count). The molecule has 0 aliphatic rings. The van der Waals surface area contributed by atoms with Crippen LogP contribution in [-0.2, 0) is 0 Å². The predicted molar refractivity (Wildman–Crippen MR) is 105 cm³/mol. The number of carbonyl (C=O) groups excluding carboxylic acids is 1. The molecular formula is C21H18N4O3. The summed E-state index contributed by atoms with van der Waals surface area (Å²) in [5.74, 6) is 1.44. The third-order valence-corrected chi connectivity index (χ3v) is 4.16. The highest BCUT2D eigenvalue weighted by atomic mass is 16.5. The molecule has 1 aromatic carbocycles. The fraction of sp³-hybridized carbons (Fsp3) is 0.0952. The summed E-state index contributed by atoms with van der Waals surface area (Å²) in [5.41, 5.74) is 2.27. The van der Waals surface area contributed by atoms with Crippen LogP contribution in [-0.4, -0.2) is 27.8 Å². The molecule has 0 atom stereocenters. The van der Waals surface area contributed by atoms with Gasteiger partial charge in [-0.05, 0) is 37.3 Å². The summed E-state index contributed by atoms with van der Waals surface area (Å²) in [5, 5.41) is 7.42. The van der Waals surface area contributed by atoms with E-state index in [9.17, 15) is 4.79 Å². The lowest BCUT2D eigenvalue weighted by molar-refractivity contribution is 0.102. The van der Waals surface area contributed by atoms with Crippen molar-refractivity contribution < 1.29 is 13.9 Å². The van der Waals surface area contributed by atoms with Crippen LogP contribution in [0.5, 0.6) is 5.88 Å². The van der Waals surface area contributed by atoms with Gasteiger partial charge in [0, 0.05) is 12.3 Å². The highest BCUT2D eigenvalue weighted by Crippen LogP contribution is 2.26. The van der Waals surface area contributed by atoms with E-state index < -0.39 is 0 Å². The number of hydrogen-bond acceptors (Lipinski definition) is 5. The van der Waals surface area contributed by atoms with Crippen molar-refractivity contribution in [2.45, 2.75) is 6.92 Å². The van der Waals surface area contributed by atoms with Crippen molar-refractivity contribution in [2.75, 3.05) is 12.4 Å². The molecule has 0 saturated carbocycles. The van der Waals surface area contributed by atoms with E-state index in [0.717, 1.165) is 11.4 Å². The number of rotatable bonds is 5. The number of carbonyl (C=O) groups is 1. The summed E-state index contributed by atoms with van der Waals surface area (Å²) in [6, 6.07) is 16.6. The third-order valence-electron chi connectivity index (χ3n) is 4.16. The van der Waals surface area contributed by atoms with Gasteiger partial charge in [0.2, 0.25) is 5.88 Å². The van der Waals surface area contributed by atoms with E-state index in [1.165, 1.54) is 13.3 Å².